The monoisotopic (exact) mass is 302 g/mol. The number of carbonyl (C=O) groups excluding carboxylic acids is 1. The van der Waals surface area contributed by atoms with Crippen molar-refractivity contribution in [2.45, 2.75) is 32.8 Å². The standard InChI is InChI=1S/C15H18N4O3/c1-15(2,3)22-14(21)17-19-13-11(7-4-5-10-20)8-6-9-12(13)16-18-19/h6,8-9,20H,5,10H2,1-3H3,(H,17,21). The van der Waals surface area contributed by atoms with Crippen molar-refractivity contribution in [3.05, 3.63) is 23.8 Å². The minimum absolute atomic E-state index is 0.00333. The van der Waals surface area contributed by atoms with Crippen molar-refractivity contribution in [3.8, 4) is 11.8 Å². The molecule has 1 aromatic heterocycles. The third-order valence-corrected chi connectivity index (χ3v) is 2.52. The van der Waals surface area contributed by atoms with Gasteiger partial charge < -0.3 is 9.84 Å². The van der Waals surface area contributed by atoms with Crippen LogP contribution in [0.5, 0.6) is 0 Å². The average Bonchev–Trinajstić information content (AvgIpc) is 2.81. The molecule has 7 heteroatoms. The molecule has 116 valence electrons. The second-order valence-corrected chi connectivity index (χ2v) is 5.56. The summed E-state index contributed by atoms with van der Waals surface area (Å²) in [4.78, 5) is 13.1. The number of fused-ring (bicyclic) bond motifs is 1. The molecule has 1 heterocycles. The van der Waals surface area contributed by atoms with Gasteiger partial charge in [-0.1, -0.05) is 17.9 Å². The summed E-state index contributed by atoms with van der Waals surface area (Å²) in [5, 5.41) is 16.7. The lowest BCUT2D eigenvalue weighted by Gasteiger charge is -2.19. The Labute approximate surface area is 128 Å². The summed E-state index contributed by atoms with van der Waals surface area (Å²) >= 11 is 0. The van der Waals surface area contributed by atoms with Crippen LogP contribution in [-0.2, 0) is 4.74 Å². The molecule has 0 unspecified atom stereocenters. The Hall–Kier alpha value is -2.59. The zero-order chi connectivity index (χ0) is 16.2. The molecular weight excluding hydrogens is 284 g/mol. The smallest absolute Gasteiger partial charge is 0.428 e. The molecule has 0 aliphatic carbocycles. The Morgan fingerprint density at radius 3 is 2.91 bits per heavy atom. The highest BCUT2D eigenvalue weighted by molar-refractivity contribution is 5.84. The van der Waals surface area contributed by atoms with Crippen molar-refractivity contribution in [2.75, 3.05) is 12.0 Å². The minimum Gasteiger partial charge on any atom is -0.443 e. The van der Waals surface area contributed by atoms with Crippen LogP contribution in [0.1, 0.15) is 32.8 Å². The van der Waals surface area contributed by atoms with Gasteiger partial charge in [0.25, 0.3) is 0 Å². The maximum atomic E-state index is 11.9. The summed E-state index contributed by atoms with van der Waals surface area (Å²) in [6.07, 6.45) is -0.255. The highest BCUT2D eigenvalue weighted by atomic mass is 16.6. The molecule has 2 aromatic rings. The average molecular weight is 302 g/mol. The lowest BCUT2D eigenvalue weighted by Crippen LogP contribution is -2.32. The quantitative estimate of drug-likeness (QED) is 0.823. The molecular formula is C15H18N4O3. The van der Waals surface area contributed by atoms with E-state index in [2.05, 4.69) is 27.6 Å². The van der Waals surface area contributed by atoms with Crippen LogP contribution < -0.4 is 5.43 Å². The lowest BCUT2D eigenvalue weighted by molar-refractivity contribution is 0.0610. The molecule has 1 amide bonds. The topological polar surface area (TPSA) is 89.3 Å². The predicted octanol–water partition coefficient (Wildman–Crippen LogP) is 1.64. The number of aliphatic hydroxyl groups is 1. The first-order valence-corrected chi connectivity index (χ1v) is 6.85. The van der Waals surface area contributed by atoms with Crippen molar-refractivity contribution >= 4 is 17.1 Å². The van der Waals surface area contributed by atoms with Gasteiger partial charge in [0.1, 0.15) is 16.6 Å². The Morgan fingerprint density at radius 2 is 2.23 bits per heavy atom. The first kappa shape index (κ1) is 15.8. The minimum atomic E-state index is -0.627. The molecule has 0 saturated heterocycles. The molecule has 0 aliphatic heterocycles. The van der Waals surface area contributed by atoms with Gasteiger partial charge in [-0.2, -0.15) is 0 Å². The van der Waals surface area contributed by atoms with E-state index in [0.29, 0.717) is 23.0 Å². The van der Waals surface area contributed by atoms with Gasteiger partial charge in [0.05, 0.1) is 12.2 Å². The zero-order valence-corrected chi connectivity index (χ0v) is 12.8. The van der Waals surface area contributed by atoms with Gasteiger partial charge >= 0.3 is 6.09 Å². The fourth-order valence-electron chi connectivity index (χ4n) is 1.75. The Morgan fingerprint density at radius 1 is 1.45 bits per heavy atom. The number of benzene rings is 1. The van der Waals surface area contributed by atoms with Crippen LogP contribution in [0.3, 0.4) is 0 Å². The first-order chi connectivity index (χ1) is 10.4. The van der Waals surface area contributed by atoms with E-state index in [-0.39, 0.29) is 6.61 Å². The van der Waals surface area contributed by atoms with E-state index in [0.717, 1.165) is 0 Å². The van der Waals surface area contributed by atoms with E-state index in [4.69, 9.17) is 9.84 Å². The number of rotatable bonds is 2. The van der Waals surface area contributed by atoms with E-state index in [1.807, 2.05) is 0 Å². The fraction of sp³-hybridized carbons (Fsp3) is 0.400. The van der Waals surface area contributed by atoms with Crippen molar-refractivity contribution in [3.63, 3.8) is 0 Å². The number of hydrogen-bond acceptors (Lipinski definition) is 5. The molecule has 0 atom stereocenters. The van der Waals surface area contributed by atoms with E-state index >= 15 is 0 Å². The molecule has 0 aliphatic rings. The third kappa shape index (κ3) is 3.96. The van der Waals surface area contributed by atoms with E-state index in [1.165, 1.54) is 4.79 Å². The third-order valence-electron chi connectivity index (χ3n) is 2.52. The summed E-state index contributed by atoms with van der Waals surface area (Å²) in [6, 6.07) is 5.37. The van der Waals surface area contributed by atoms with Gasteiger partial charge in [-0.05, 0) is 38.1 Å². The molecule has 1 aromatic carbocycles. The van der Waals surface area contributed by atoms with Crippen molar-refractivity contribution in [1.29, 1.82) is 0 Å². The summed E-state index contributed by atoms with van der Waals surface area (Å²) in [5.41, 5.74) is 3.76. The molecule has 0 bridgehead atoms. The lowest BCUT2D eigenvalue weighted by atomic mass is 10.2. The number of nitrogens with zero attached hydrogens (tertiary/aromatic N) is 3. The first-order valence-electron chi connectivity index (χ1n) is 6.85. The van der Waals surface area contributed by atoms with Crippen LogP contribution in [0.4, 0.5) is 4.79 Å². The molecule has 0 spiro atoms. The summed E-state index contributed by atoms with van der Waals surface area (Å²) in [6.45, 7) is 5.32. The van der Waals surface area contributed by atoms with Crippen molar-refractivity contribution in [1.82, 2.24) is 15.1 Å². The number of ether oxygens (including phenoxy) is 1. The van der Waals surface area contributed by atoms with Crippen LogP contribution in [0, 0.1) is 11.8 Å². The highest BCUT2D eigenvalue weighted by Crippen LogP contribution is 2.15. The molecule has 2 rings (SSSR count). The molecule has 7 nitrogen and oxygen atoms in total. The Balaban J connectivity index is 2.31. The number of hydrogen-bond donors (Lipinski definition) is 2. The van der Waals surface area contributed by atoms with Gasteiger partial charge in [0.15, 0.2) is 0 Å². The van der Waals surface area contributed by atoms with E-state index < -0.39 is 11.7 Å². The summed E-state index contributed by atoms with van der Waals surface area (Å²) < 4.78 is 5.19. The van der Waals surface area contributed by atoms with Gasteiger partial charge in [-0.3, -0.25) is 0 Å². The van der Waals surface area contributed by atoms with Crippen molar-refractivity contribution in [2.24, 2.45) is 0 Å². The van der Waals surface area contributed by atoms with Gasteiger partial charge in [-0.15, -0.1) is 9.89 Å². The van der Waals surface area contributed by atoms with Gasteiger partial charge in [0, 0.05) is 6.42 Å². The normalized spacial score (nSPS) is 10.9. The molecule has 2 N–H and O–H groups in total. The SMILES string of the molecule is CC(C)(C)OC(=O)Nn1nnc2cccc(C#CCCO)c21. The summed E-state index contributed by atoms with van der Waals surface area (Å²) in [5.74, 6) is 5.77. The number of aromatic nitrogens is 3. The number of amides is 1. The Kier molecular flexibility index (Phi) is 4.63. The molecule has 22 heavy (non-hydrogen) atoms. The molecule has 0 radical (unpaired) electrons. The largest absolute Gasteiger partial charge is 0.443 e. The zero-order valence-electron chi connectivity index (χ0n) is 12.8. The number of nitrogens with one attached hydrogen (secondary N) is 1. The van der Waals surface area contributed by atoms with Gasteiger partial charge in [0.2, 0.25) is 0 Å². The van der Waals surface area contributed by atoms with E-state index in [9.17, 15) is 4.79 Å². The number of aliphatic hydroxyl groups excluding tert-OH is 1. The van der Waals surface area contributed by atoms with Crippen LogP contribution in [0.25, 0.3) is 11.0 Å². The second-order valence-electron chi connectivity index (χ2n) is 5.56. The Bertz CT molecular complexity index is 735. The maximum absolute atomic E-state index is 11.9. The number of para-hydroxylation sites is 1. The molecule has 0 saturated carbocycles. The predicted molar refractivity (Wildman–Crippen MR) is 81.7 cm³/mol. The fourth-order valence-corrected chi connectivity index (χ4v) is 1.75. The summed E-state index contributed by atoms with van der Waals surface area (Å²) in [7, 11) is 0. The van der Waals surface area contributed by atoms with E-state index in [1.54, 1.807) is 39.0 Å². The van der Waals surface area contributed by atoms with Crippen LogP contribution in [0.15, 0.2) is 18.2 Å². The second kappa shape index (κ2) is 6.45. The highest BCUT2D eigenvalue weighted by Gasteiger charge is 2.18. The van der Waals surface area contributed by atoms with Crippen LogP contribution in [0.2, 0.25) is 0 Å². The van der Waals surface area contributed by atoms with Gasteiger partial charge in [-0.25, -0.2) is 10.2 Å². The van der Waals surface area contributed by atoms with Crippen LogP contribution >= 0.6 is 0 Å². The van der Waals surface area contributed by atoms with Crippen LogP contribution in [-0.4, -0.2) is 38.5 Å². The number of carbonyl (C=O) groups is 1. The molecule has 0 fully saturated rings. The van der Waals surface area contributed by atoms with Crippen molar-refractivity contribution < 1.29 is 14.6 Å². The maximum Gasteiger partial charge on any atom is 0.428 e.